The molecule has 0 saturated carbocycles. The predicted octanol–water partition coefficient (Wildman–Crippen LogP) is 2.82. The lowest BCUT2D eigenvalue weighted by Crippen LogP contribution is -2.54. The maximum atomic E-state index is 11.7. The number of ether oxygens (including phenoxy) is 2. The quantitative estimate of drug-likeness (QED) is 0.880. The smallest absolute Gasteiger partial charge is 0.219 e. The number of hydrogen-bond acceptors (Lipinski definition) is 4. The lowest BCUT2D eigenvalue weighted by atomic mass is 9.79. The lowest BCUT2D eigenvalue weighted by Gasteiger charge is -2.49. The second-order valence-electron chi connectivity index (χ2n) is 7.60. The molecule has 2 saturated heterocycles. The van der Waals surface area contributed by atoms with E-state index in [2.05, 4.69) is 5.32 Å². The Morgan fingerprint density at radius 3 is 2.59 bits per heavy atom. The second kappa shape index (κ2) is 8.30. The first-order chi connectivity index (χ1) is 12.9. The largest absolute Gasteiger partial charge is 0.493 e. The maximum Gasteiger partial charge on any atom is 0.219 e. The molecule has 2 aliphatic rings. The van der Waals surface area contributed by atoms with Crippen molar-refractivity contribution in [2.24, 2.45) is 0 Å². The lowest BCUT2D eigenvalue weighted by molar-refractivity contribution is -0.168. The summed E-state index contributed by atoms with van der Waals surface area (Å²) in [6, 6.07) is 8.03. The summed E-state index contributed by atoms with van der Waals surface area (Å²) in [4.78, 5) is 25.3. The normalized spacial score (nSPS) is 24.5. The highest BCUT2D eigenvalue weighted by Crippen LogP contribution is 2.44. The zero-order chi connectivity index (χ0) is 19.4. The summed E-state index contributed by atoms with van der Waals surface area (Å²) in [6.45, 7) is 7.13. The summed E-state index contributed by atoms with van der Waals surface area (Å²) in [6.07, 6.45) is 2.95. The van der Waals surface area contributed by atoms with Gasteiger partial charge in [0.1, 0.15) is 5.75 Å². The molecule has 2 amide bonds. The van der Waals surface area contributed by atoms with Crippen LogP contribution in [0.3, 0.4) is 0 Å². The summed E-state index contributed by atoms with van der Waals surface area (Å²) in [5.74, 6) is 0.928. The molecule has 2 atom stereocenters. The Bertz CT molecular complexity index is 683. The number of likely N-dealkylation sites (tertiary alicyclic amines) is 1. The third-order valence-corrected chi connectivity index (χ3v) is 5.60. The maximum absolute atomic E-state index is 11.7. The van der Waals surface area contributed by atoms with Gasteiger partial charge in [-0.15, -0.1) is 0 Å². The first-order valence-electron chi connectivity index (χ1n) is 9.84. The molecule has 2 fully saturated rings. The highest BCUT2D eigenvalue weighted by atomic mass is 16.5. The fourth-order valence-corrected chi connectivity index (χ4v) is 4.36. The summed E-state index contributed by atoms with van der Waals surface area (Å²) in [7, 11) is 0. The van der Waals surface area contributed by atoms with E-state index < -0.39 is 0 Å². The number of hydrogen-bond donors (Lipinski definition) is 1. The van der Waals surface area contributed by atoms with Crippen LogP contribution in [0.5, 0.6) is 5.75 Å². The molecule has 0 bridgehead atoms. The average Bonchev–Trinajstić information content (AvgIpc) is 2.62. The number of rotatable bonds is 4. The van der Waals surface area contributed by atoms with Crippen molar-refractivity contribution in [1.82, 2.24) is 10.2 Å². The highest BCUT2D eigenvalue weighted by Gasteiger charge is 2.45. The monoisotopic (exact) mass is 374 g/mol. The van der Waals surface area contributed by atoms with E-state index in [1.165, 1.54) is 0 Å². The van der Waals surface area contributed by atoms with Crippen molar-refractivity contribution >= 4 is 11.8 Å². The molecule has 3 rings (SSSR count). The van der Waals surface area contributed by atoms with Crippen molar-refractivity contribution < 1.29 is 19.1 Å². The minimum Gasteiger partial charge on any atom is -0.493 e. The van der Waals surface area contributed by atoms with Gasteiger partial charge in [-0.2, -0.15) is 0 Å². The molecule has 148 valence electrons. The van der Waals surface area contributed by atoms with E-state index in [1.807, 2.05) is 36.1 Å². The first kappa shape index (κ1) is 19.7. The Kier molecular flexibility index (Phi) is 6.05. The van der Waals surface area contributed by atoms with Crippen LogP contribution >= 0.6 is 0 Å². The fraction of sp³-hybridized carbons (Fsp3) is 0.619. The molecule has 6 heteroatoms. The van der Waals surface area contributed by atoms with E-state index in [4.69, 9.17) is 9.47 Å². The van der Waals surface area contributed by atoms with Crippen molar-refractivity contribution in [3.63, 3.8) is 0 Å². The summed E-state index contributed by atoms with van der Waals surface area (Å²) in [5, 5.41) is 3.10. The standard InChI is InChI=1S/C21H30N2O4/c1-4-26-19-8-6-5-7-18(19)20-13-17(22-15(2)24)14-21(27-20)9-11-23(12-10-21)16(3)25/h5-8,17,20H,4,9-14H2,1-3H3,(H,22,24)/t17-,20-/m1/s1. The molecule has 27 heavy (non-hydrogen) atoms. The number of benzene rings is 1. The molecular weight excluding hydrogens is 344 g/mol. The van der Waals surface area contributed by atoms with Gasteiger partial charge >= 0.3 is 0 Å². The predicted molar refractivity (Wildman–Crippen MR) is 102 cm³/mol. The molecule has 0 aliphatic carbocycles. The number of amides is 2. The number of carbonyl (C=O) groups excluding carboxylic acids is 2. The van der Waals surface area contributed by atoms with E-state index in [0.29, 0.717) is 19.7 Å². The van der Waals surface area contributed by atoms with Crippen LogP contribution in [0.15, 0.2) is 24.3 Å². The second-order valence-corrected chi connectivity index (χ2v) is 7.60. The van der Waals surface area contributed by atoms with Gasteiger partial charge in [-0.1, -0.05) is 18.2 Å². The van der Waals surface area contributed by atoms with Crippen molar-refractivity contribution in [2.45, 2.75) is 64.2 Å². The summed E-state index contributed by atoms with van der Waals surface area (Å²) < 4.78 is 12.5. The van der Waals surface area contributed by atoms with Gasteiger partial charge in [0.2, 0.25) is 11.8 Å². The summed E-state index contributed by atoms with van der Waals surface area (Å²) in [5.41, 5.74) is 0.712. The number of piperidine rings is 1. The molecule has 1 aromatic rings. The molecule has 2 heterocycles. The van der Waals surface area contributed by atoms with Gasteiger partial charge in [-0.3, -0.25) is 9.59 Å². The van der Waals surface area contributed by atoms with Gasteiger partial charge in [0, 0.05) is 38.5 Å². The van der Waals surface area contributed by atoms with Gasteiger partial charge in [-0.25, -0.2) is 0 Å². The van der Waals surface area contributed by atoms with Crippen LogP contribution < -0.4 is 10.1 Å². The van der Waals surface area contributed by atoms with Crippen molar-refractivity contribution in [1.29, 1.82) is 0 Å². The number of para-hydroxylation sites is 1. The topological polar surface area (TPSA) is 67.9 Å². The van der Waals surface area contributed by atoms with E-state index in [9.17, 15) is 9.59 Å². The Labute approximate surface area is 161 Å². The first-order valence-corrected chi connectivity index (χ1v) is 9.84. The van der Waals surface area contributed by atoms with Crippen molar-refractivity contribution in [3.8, 4) is 5.75 Å². The Hall–Kier alpha value is -2.08. The molecule has 1 spiro atoms. The average molecular weight is 374 g/mol. The molecule has 0 unspecified atom stereocenters. The van der Waals surface area contributed by atoms with Crippen LogP contribution in [0.4, 0.5) is 0 Å². The fourth-order valence-electron chi connectivity index (χ4n) is 4.36. The van der Waals surface area contributed by atoms with Gasteiger partial charge in [0.15, 0.2) is 0 Å². The number of carbonyl (C=O) groups is 2. The minimum absolute atomic E-state index is 0.0185. The molecule has 6 nitrogen and oxygen atoms in total. The molecule has 1 N–H and O–H groups in total. The van der Waals surface area contributed by atoms with Gasteiger partial charge < -0.3 is 19.7 Å². The third kappa shape index (κ3) is 4.61. The Morgan fingerprint density at radius 2 is 1.96 bits per heavy atom. The van der Waals surface area contributed by atoms with Crippen LogP contribution in [0.25, 0.3) is 0 Å². The Morgan fingerprint density at radius 1 is 1.26 bits per heavy atom. The third-order valence-electron chi connectivity index (χ3n) is 5.60. The van der Waals surface area contributed by atoms with Crippen LogP contribution in [-0.4, -0.2) is 48.1 Å². The van der Waals surface area contributed by atoms with E-state index in [0.717, 1.165) is 37.0 Å². The molecule has 0 radical (unpaired) electrons. The van der Waals surface area contributed by atoms with Crippen LogP contribution in [0, 0.1) is 0 Å². The van der Waals surface area contributed by atoms with E-state index in [1.54, 1.807) is 13.8 Å². The molecule has 1 aromatic carbocycles. The zero-order valence-electron chi connectivity index (χ0n) is 16.5. The van der Waals surface area contributed by atoms with Crippen molar-refractivity contribution in [2.75, 3.05) is 19.7 Å². The molecule has 0 aromatic heterocycles. The summed E-state index contributed by atoms with van der Waals surface area (Å²) >= 11 is 0. The van der Waals surface area contributed by atoms with E-state index in [-0.39, 0.29) is 29.6 Å². The zero-order valence-corrected chi connectivity index (χ0v) is 16.5. The number of nitrogens with zero attached hydrogens (tertiary/aromatic N) is 1. The number of nitrogens with one attached hydrogen (secondary N) is 1. The molecule has 2 aliphatic heterocycles. The SMILES string of the molecule is CCOc1ccccc1[C@H]1C[C@@H](NC(C)=O)CC2(CCN(C(C)=O)CC2)O1. The van der Waals surface area contributed by atoms with Crippen LogP contribution in [0.2, 0.25) is 0 Å². The van der Waals surface area contributed by atoms with Gasteiger partial charge in [0.25, 0.3) is 0 Å². The van der Waals surface area contributed by atoms with Crippen LogP contribution in [0.1, 0.15) is 58.1 Å². The minimum atomic E-state index is -0.318. The van der Waals surface area contributed by atoms with Crippen LogP contribution in [-0.2, 0) is 14.3 Å². The highest BCUT2D eigenvalue weighted by molar-refractivity contribution is 5.73. The van der Waals surface area contributed by atoms with Crippen molar-refractivity contribution in [3.05, 3.63) is 29.8 Å². The van der Waals surface area contributed by atoms with Gasteiger partial charge in [0.05, 0.1) is 18.3 Å². The molecular formula is C21H30N2O4. The van der Waals surface area contributed by atoms with E-state index >= 15 is 0 Å². The Balaban J connectivity index is 1.84. The van der Waals surface area contributed by atoms with Gasteiger partial charge in [-0.05, 0) is 38.7 Å².